The molecule has 0 aliphatic heterocycles. The molecule has 0 aromatic carbocycles. The molecule has 0 unspecified atom stereocenters. The fourth-order valence-electron chi connectivity index (χ4n) is 1.79. The van der Waals surface area contributed by atoms with Crippen molar-refractivity contribution >= 4 is 32.7 Å². The van der Waals surface area contributed by atoms with Crippen molar-refractivity contribution in [1.29, 1.82) is 0 Å². The van der Waals surface area contributed by atoms with Gasteiger partial charge in [0.25, 0.3) is 0 Å². The minimum absolute atomic E-state index is 0.110. The third-order valence-electron chi connectivity index (χ3n) is 2.76. The molecule has 3 rings (SSSR count). The lowest BCUT2D eigenvalue weighted by atomic mass is 10.2. The van der Waals surface area contributed by atoms with Gasteiger partial charge in [-0.15, -0.1) is 11.3 Å². The molecular weight excluding hydrogens is 326 g/mol. The van der Waals surface area contributed by atoms with Crippen LogP contribution in [0.2, 0.25) is 0 Å². The van der Waals surface area contributed by atoms with Crippen LogP contribution >= 0.6 is 22.7 Å². The highest BCUT2D eigenvalue weighted by atomic mass is 32.2. The third kappa shape index (κ3) is 3.18. The van der Waals surface area contributed by atoms with E-state index >= 15 is 0 Å². The van der Waals surface area contributed by atoms with Gasteiger partial charge in [-0.3, -0.25) is 9.97 Å². The molecule has 108 valence electrons. The SMILES string of the molecule is O=S(=O)(NCc1nccnc1-c1ccsc1)c1cccs1. The zero-order valence-electron chi connectivity index (χ0n) is 10.8. The maximum Gasteiger partial charge on any atom is 0.250 e. The summed E-state index contributed by atoms with van der Waals surface area (Å²) in [6.45, 7) is 0.110. The minimum Gasteiger partial charge on any atom is -0.256 e. The van der Waals surface area contributed by atoms with Crippen LogP contribution in [0.25, 0.3) is 11.3 Å². The minimum atomic E-state index is -3.50. The van der Waals surface area contributed by atoms with E-state index in [9.17, 15) is 8.42 Å². The summed E-state index contributed by atoms with van der Waals surface area (Å²) in [5, 5.41) is 5.64. The lowest BCUT2D eigenvalue weighted by molar-refractivity contribution is 0.582. The molecule has 5 nitrogen and oxygen atoms in total. The summed E-state index contributed by atoms with van der Waals surface area (Å²) in [5.74, 6) is 0. The average molecular weight is 337 g/mol. The largest absolute Gasteiger partial charge is 0.256 e. The zero-order valence-corrected chi connectivity index (χ0v) is 13.2. The average Bonchev–Trinajstić information content (AvgIpc) is 3.18. The van der Waals surface area contributed by atoms with E-state index in [1.54, 1.807) is 41.2 Å². The van der Waals surface area contributed by atoms with Gasteiger partial charge in [-0.25, -0.2) is 13.1 Å². The summed E-state index contributed by atoms with van der Waals surface area (Å²) in [6, 6.07) is 5.22. The normalized spacial score (nSPS) is 11.6. The fraction of sp³-hybridized carbons (Fsp3) is 0.0769. The van der Waals surface area contributed by atoms with Crippen LogP contribution < -0.4 is 4.72 Å². The third-order valence-corrected chi connectivity index (χ3v) is 6.24. The molecule has 8 heteroatoms. The molecule has 0 amide bonds. The molecular formula is C13H11N3O2S3. The molecule has 1 N–H and O–H groups in total. The Labute approximate surface area is 130 Å². The van der Waals surface area contributed by atoms with Crippen molar-refractivity contribution in [2.45, 2.75) is 10.8 Å². The van der Waals surface area contributed by atoms with Gasteiger partial charge in [-0.2, -0.15) is 11.3 Å². The van der Waals surface area contributed by atoms with Gasteiger partial charge in [0.15, 0.2) is 0 Å². The lowest BCUT2D eigenvalue weighted by Crippen LogP contribution is -2.23. The Balaban J connectivity index is 1.84. The predicted octanol–water partition coefficient (Wildman–Crippen LogP) is 2.75. The van der Waals surface area contributed by atoms with Crippen molar-refractivity contribution in [3.05, 3.63) is 52.4 Å². The number of aromatic nitrogens is 2. The van der Waals surface area contributed by atoms with Crippen LogP contribution in [0.4, 0.5) is 0 Å². The molecule has 3 aromatic heterocycles. The van der Waals surface area contributed by atoms with Crippen LogP contribution in [0, 0.1) is 0 Å². The molecule has 0 atom stereocenters. The second kappa shape index (κ2) is 6.02. The Morgan fingerprint density at radius 1 is 1.14 bits per heavy atom. The monoisotopic (exact) mass is 337 g/mol. The lowest BCUT2D eigenvalue weighted by Gasteiger charge is -2.07. The summed E-state index contributed by atoms with van der Waals surface area (Å²) >= 11 is 2.74. The van der Waals surface area contributed by atoms with Crippen molar-refractivity contribution in [3.8, 4) is 11.3 Å². The number of hydrogen-bond donors (Lipinski definition) is 1. The van der Waals surface area contributed by atoms with Gasteiger partial charge in [0.1, 0.15) is 4.21 Å². The van der Waals surface area contributed by atoms with Gasteiger partial charge in [0.2, 0.25) is 10.0 Å². The molecule has 0 bridgehead atoms. The van der Waals surface area contributed by atoms with E-state index in [1.807, 2.05) is 16.8 Å². The predicted molar refractivity (Wildman–Crippen MR) is 83.7 cm³/mol. The van der Waals surface area contributed by atoms with Crippen LogP contribution in [0.1, 0.15) is 5.69 Å². The van der Waals surface area contributed by atoms with E-state index in [0.717, 1.165) is 5.56 Å². The van der Waals surface area contributed by atoms with Crippen LogP contribution in [0.5, 0.6) is 0 Å². The van der Waals surface area contributed by atoms with Gasteiger partial charge in [0, 0.05) is 23.3 Å². The highest BCUT2D eigenvalue weighted by molar-refractivity contribution is 7.91. The molecule has 0 saturated heterocycles. The number of rotatable bonds is 5. The molecule has 0 aliphatic rings. The van der Waals surface area contributed by atoms with E-state index < -0.39 is 10.0 Å². The molecule has 0 saturated carbocycles. The van der Waals surface area contributed by atoms with E-state index in [4.69, 9.17) is 0 Å². The van der Waals surface area contributed by atoms with Crippen molar-refractivity contribution in [2.75, 3.05) is 0 Å². The molecule has 3 aromatic rings. The van der Waals surface area contributed by atoms with E-state index in [-0.39, 0.29) is 6.54 Å². The van der Waals surface area contributed by atoms with Gasteiger partial charge >= 0.3 is 0 Å². The van der Waals surface area contributed by atoms with Crippen molar-refractivity contribution in [2.24, 2.45) is 0 Å². The van der Waals surface area contributed by atoms with Gasteiger partial charge in [0.05, 0.1) is 17.9 Å². The quantitative estimate of drug-likeness (QED) is 0.777. The Morgan fingerprint density at radius 3 is 2.71 bits per heavy atom. The van der Waals surface area contributed by atoms with Crippen LogP contribution in [0.3, 0.4) is 0 Å². The van der Waals surface area contributed by atoms with E-state index in [2.05, 4.69) is 14.7 Å². The number of hydrogen-bond acceptors (Lipinski definition) is 6. The van der Waals surface area contributed by atoms with Crippen molar-refractivity contribution in [3.63, 3.8) is 0 Å². The number of nitrogens with one attached hydrogen (secondary N) is 1. The summed E-state index contributed by atoms with van der Waals surface area (Å²) in [4.78, 5) is 8.53. The van der Waals surface area contributed by atoms with Crippen LogP contribution in [0.15, 0.2) is 50.9 Å². The first-order chi connectivity index (χ1) is 10.2. The molecule has 0 spiro atoms. The maximum absolute atomic E-state index is 12.1. The van der Waals surface area contributed by atoms with Gasteiger partial charge in [-0.05, 0) is 22.9 Å². The maximum atomic E-state index is 12.1. The number of thiophene rings is 2. The summed E-state index contributed by atoms with van der Waals surface area (Å²) < 4.78 is 27.1. The Kier molecular flexibility index (Phi) is 4.11. The number of sulfonamides is 1. The fourth-order valence-corrected chi connectivity index (χ4v) is 4.45. The van der Waals surface area contributed by atoms with Gasteiger partial charge < -0.3 is 0 Å². The standard InChI is InChI=1S/C13H11N3O2S3/c17-21(18,12-2-1-6-20-12)16-8-11-13(15-5-4-14-11)10-3-7-19-9-10/h1-7,9,16H,8H2. The Bertz CT molecular complexity index is 812. The summed E-state index contributed by atoms with van der Waals surface area (Å²) in [5.41, 5.74) is 2.25. The second-order valence-electron chi connectivity index (χ2n) is 4.12. The molecule has 21 heavy (non-hydrogen) atoms. The summed E-state index contributed by atoms with van der Waals surface area (Å²) in [6.07, 6.45) is 3.16. The van der Waals surface area contributed by atoms with E-state index in [1.165, 1.54) is 11.3 Å². The van der Waals surface area contributed by atoms with Crippen LogP contribution in [-0.2, 0) is 16.6 Å². The zero-order chi connectivity index (χ0) is 14.7. The molecule has 0 radical (unpaired) electrons. The van der Waals surface area contributed by atoms with Gasteiger partial charge in [-0.1, -0.05) is 6.07 Å². The highest BCUT2D eigenvalue weighted by Gasteiger charge is 2.16. The molecule has 3 heterocycles. The van der Waals surface area contributed by atoms with E-state index in [0.29, 0.717) is 15.6 Å². The smallest absolute Gasteiger partial charge is 0.250 e. The Hall–Kier alpha value is -1.61. The second-order valence-corrected chi connectivity index (χ2v) is 7.84. The first-order valence-electron chi connectivity index (χ1n) is 6.02. The van der Waals surface area contributed by atoms with Crippen molar-refractivity contribution < 1.29 is 8.42 Å². The first kappa shape index (κ1) is 14.3. The van der Waals surface area contributed by atoms with Crippen molar-refractivity contribution in [1.82, 2.24) is 14.7 Å². The first-order valence-corrected chi connectivity index (χ1v) is 9.33. The molecule has 0 fully saturated rings. The molecule has 0 aliphatic carbocycles. The number of nitrogens with zero attached hydrogens (tertiary/aromatic N) is 2. The topological polar surface area (TPSA) is 72.0 Å². The highest BCUT2D eigenvalue weighted by Crippen LogP contribution is 2.23. The summed E-state index contributed by atoms with van der Waals surface area (Å²) in [7, 11) is -3.50. The van der Waals surface area contributed by atoms with Crippen LogP contribution in [-0.4, -0.2) is 18.4 Å². The Morgan fingerprint density at radius 2 is 2.00 bits per heavy atom.